The Morgan fingerprint density at radius 1 is 1.20 bits per heavy atom. The Bertz CT molecular complexity index is 362. The molecule has 1 heterocycles. The van der Waals surface area contributed by atoms with Gasteiger partial charge in [0.25, 0.3) is 5.91 Å². The van der Waals surface area contributed by atoms with Gasteiger partial charge in [-0.25, -0.2) is 9.69 Å². The number of rotatable bonds is 5. The van der Waals surface area contributed by atoms with E-state index >= 15 is 0 Å². The Balaban J connectivity index is 2.00. The van der Waals surface area contributed by atoms with Gasteiger partial charge in [-0.1, -0.05) is 39.0 Å². The van der Waals surface area contributed by atoms with Crippen LogP contribution in [0.2, 0.25) is 0 Å². The van der Waals surface area contributed by atoms with Gasteiger partial charge in [0.2, 0.25) is 0 Å². The lowest BCUT2D eigenvalue weighted by Crippen LogP contribution is -2.47. The van der Waals surface area contributed by atoms with E-state index < -0.39 is 5.54 Å². The lowest BCUT2D eigenvalue weighted by molar-refractivity contribution is -0.133. The predicted octanol–water partition coefficient (Wildman–Crippen LogP) is 2.32. The maximum atomic E-state index is 12.7. The van der Waals surface area contributed by atoms with E-state index in [-0.39, 0.29) is 11.9 Å². The maximum absolute atomic E-state index is 12.7. The van der Waals surface area contributed by atoms with E-state index in [1.165, 1.54) is 17.7 Å². The van der Waals surface area contributed by atoms with Crippen LogP contribution in [-0.4, -0.2) is 47.5 Å². The van der Waals surface area contributed by atoms with Crippen LogP contribution in [0.25, 0.3) is 0 Å². The Hall–Kier alpha value is -1.10. The summed E-state index contributed by atoms with van der Waals surface area (Å²) in [5.41, 5.74) is -0.598. The smallest absolute Gasteiger partial charge is 0.323 e. The van der Waals surface area contributed by atoms with Crippen LogP contribution >= 0.6 is 0 Å². The minimum Gasteiger partial charge on any atom is -0.323 e. The highest BCUT2D eigenvalue weighted by Crippen LogP contribution is 2.32. The summed E-state index contributed by atoms with van der Waals surface area (Å²) in [7, 11) is 1.97. The SMILES string of the molecule is CCCCN(C)CN1C(=O)NC2(CCCCCC2)C1=O. The molecule has 3 amide bonds. The molecule has 1 N–H and O–H groups in total. The molecule has 0 aromatic heterocycles. The van der Waals surface area contributed by atoms with Gasteiger partial charge in [0.05, 0.1) is 6.67 Å². The van der Waals surface area contributed by atoms with Gasteiger partial charge in [0.15, 0.2) is 0 Å². The molecule has 0 aromatic carbocycles. The molecule has 20 heavy (non-hydrogen) atoms. The van der Waals surface area contributed by atoms with Gasteiger partial charge in [0.1, 0.15) is 5.54 Å². The third kappa shape index (κ3) is 3.14. The van der Waals surface area contributed by atoms with Crippen molar-refractivity contribution in [1.82, 2.24) is 15.1 Å². The number of nitrogens with one attached hydrogen (secondary N) is 1. The molecule has 1 aliphatic carbocycles. The van der Waals surface area contributed by atoms with Crippen molar-refractivity contribution in [3.8, 4) is 0 Å². The first-order valence-electron chi connectivity index (χ1n) is 7.92. The number of unbranched alkanes of at least 4 members (excludes halogenated alkanes) is 1. The second-order valence-electron chi connectivity index (χ2n) is 6.23. The minimum absolute atomic E-state index is 0.00671. The zero-order valence-electron chi connectivity index (χ0n) is 12.8. The van der Waals surface area contributed by atoms with E-state index in [1.54, 1.807) is 0 Å². The van der Waals surface area contributed by atoms with Crippen molar-refractivity contribution in [3.63, 3.8) is 0 Å². The van der Waals surface area contributed by atoms with Crippen LogP contribution in [0.1, 0.15) is 58.3 Å². The second kappa shape index (κ2) is 6.57. The first-order chi connectivity index (χ1) is 9.59. The van der Waals surface area contributed by atoms with E-state index in [1.807, 2.05) is 7.05 Å². The van der Waals surface area contributed by atoms with Crippen LogP contribution in [-0.2, 0) is 4.79 Å². The van der Waals surface area contributed by atoms with Crippen molar-refractivity contribution in [1.29, 1.82) is 0 Å². The van der Waals surface area contributed by atoms with Crippen LogP contribution in [0.5, 0.6) is 0 Å². The highest BCUT2D eigenvalue weighted by Gasteiger charge is 2.50. The molecule has 0 unspecified atom stereocenters. The number of amides is 3. The fraction of sp³-hybridized carbons (Fsp3) is 0.867. The molecule has 5 nitrogen and oxygen atoms in total. The van der Waals surface area contributed by atoms with Crippen LogP contribution < -0.4 is 5.32 Å². The molecule has 1 spiro atoms. The van der Waals surface area contributed by atoms with E-state index in [4.69, 9.17) is 0 Å². The summed E-state index contributed by atoms with van der Waals surface area (Å²) in [6, 6.07) is -0.208. The van der Waals surface area contributed by atoms with E-state index in [2.05, 4.69) is 17.1 Å². The molecule has 1 saturated heterocycles. The second-order valence-corrected chi connectivity index (χ2v) is 6.23. The van der Waals surface area contributed by atoms with Crippen molar-refractivity contribution >= 4 is 11.9 Å². The molecule has 1 aliphatic heterocycles. The quantitative estimate of drug-likeness (QED) is 0.787. The first-order valence-corrected chi connectivity index (χ1v) is 7.92. The molecule has 0 atom stereocenters. The van der Waals surface area contributed by atoms with Crippen LogP contribution in [0.4, 0.5) is 4.79 Å². The molecule has 0 aromatic rings. The van der Waals surface area contributed by atoms with Crippen molar-refractivity contribution < 1.29 is 9.59 Å². The summed E-state index contributed by atoms with van der Waals surface area (Å²) in [5, 5.41) is 2.98. The highest BCUT2D eigenvalue weighted by molar-refractivity contribution is 6.07. The summed E-state index contributed by atoms with van der Waals surface area (Å²) >= 11 is 0. The molecule has 5 heteroatoms. The lowest BCUT2D eigenvalue weighted by atomic mass is 9.90. The van der Waals surface area contributed by atoms with E-state index in [9.17, 15) is 9.59 Å². The number of hydrogen-bond acceptors (Lipinski definition) is 3. The number of carbonyl (C=O) groups excluding carboxylic acids is 2. The van der Waals surface area contributed by atoms with Crippen molar-refractivity contribution in [2.45, 2.75) is 63.8 Å². The number of carbonyl (C=O) groups is 2. The van der Waals surface area contributed by atoms with Crippen molar-refractivity contribution in [2.24, 2.45) is 0 Å². The van der Waals surface area contributed by atoms with E-state index in [0.29, 0.717) is 6.67 Å². The molecule has 1 saturated carbocycles. The molecule has 114 valence electrons. The van der Waals surface area contributed by atoms with Gasteiger partial charge in [-0.2, -0.15) is 0 Å². The Morgan fingerprint density at radius 2 is 1.85 bits per heavy atom. The fourth-order valence-electron chi connectivity index (χ4n) is 3.22. The largest absolute Gasteiger partial charge is 0.326 e. The molecular formula is C15H27N3O2. The van der Waals surface area contributed by atoms with Gasteiger partial charge >= 0.3 is 6.03 Å². The van der Waals surface area contributed by atoms with Crippen LogP contribution in [0, 0.1) is 0 Å². The van der Waals surface area contributed by atoms with Crippen molar-refractivity contribution in [3.05, 3.63) is 0 Å². The first kappa shape index (κ1) is 15.3. The fourth-order valence-corrected chi connectivity index (χ4v) is 3.22. The summed E-state index contributed by atoms with van der Waals surface area (Å²) < 4.78 is 0. The standard InChI is InChI=1S/C15H27N3O2/c1-3-4-11-17(2)12-18-13(19)15(16-14(18)20)9-7-5-6-8-10-15/h3-12H2,1-2H3,(H,16,20). The zero-order valence-corrected chi connectivity index (χ0v) is 12.8. The lowest BCUT2D eigenvalue weighted by Gasteiger charge is -2.26. The summed E-state index contributed by atoms with van der Waals surface area (Å²) in [6.45, 7) is 3.47. The summed E-state index contributed by atoms with van der Waals surface area (Å²) in [6.07, 6.45) is 8.21. The monoisotopic (exact) mass is 281 g/mol. The van der Waals surface area contributed by atoms with Gasteiger partial charge in [-0.3, -0.25) is 9.69 Å². The average Bonchev–Trinajstić information content (AvgIpc) is 2.63. The van der Waals surface area contributed by atoms with Crippen LogP contribution in [0.15, 0.2) is 0 Å². The van der Waals surface area contributed by atoms with Gasteiger partial charge in [0, 0.05) is 0 Å². The number of imide groups is 1. The van der Waals surface area contributed by atoms with Gasteiger partial charge < -0.3 is 5.32 Å². The Kier molecular flexibility index (Phi) is 5.02. The van der Waals surface area contributed by atoms with E-state index in [0.717, 1.165) is 45.1 Å². The molecule has 0 bridgehead atoms. The third-order valence-electron chi connectivity index (χ3n) is 4.48. The summed E-state index contributed by atoms with van der Waals surface area (Å²) in [4.78, 5) is 28.3. The molecule has 2 rings (SSSR count). The highest BCUT2D eigenvalue weighted by atomic mass is 16.2. The number of hydrogen-bond donors (Lipinski definition) is 1. The predicted molar refractivity (Wildman–Crippen MR) is 78.2 cm³/mol. The number of nitrogens with zero attached hydrogens (tertiary/aromatic N) is 2. The Labute approximate surface area is 121 Å². The van der Waals surface area contributed by atoms with Crippen molar-refractivity contribution in [2.75, 3.05) is 20.3 Å². The maximum Gasteiger partial charge on any atom is 0.326 e. The van der Waals surface area contributed by atoms with Gasteiger partial charge in [-0.05, 0) is 32.9 Å². The molecule has 2 aliphatic rings. The zero-order chi connectivity index (χ0) is 14.6. The van der Waals surface area contributed by atoms with Crippen LogP contribution in [0.3, 0.4) is 0 Å². The molecule has 0 radical (unpaired) electrons. The summed E-state index contributed by atoms with van der Waals surface area (Å²) in [5.74, 6) is -0.00671. The molecule has 2 fully saturated rings. The van der Waals surface area contributed by atoms with Gasteiger partial charge in [-0.15, -0.1) is 0 Å². The number of urea groups is 1. The normalized spacial score (nSPS) is 22.4. The third-order valence-corrected chi connectivity index (χ3v) is 4.48. The topological polar surface area (TPSA) is 52.6 Å². The average molecular weight is 281 g/mol. The molecular weight excluding hydrogens is 254 g/mol. The minimum atomic E-state index is -0.598. The Morgan fingerprint density at radius 3 is 2.45 bits per heavy atom.